The Morgan fingerprint density at radius 3 is 2.54 bits per heavy atom. The van der Waals surface area contributed by atoms with Crippen molar-refractivity contribution in [2.45, 2.75) is 0 Å². The summed E-state index contributed by atoms with van der Waals surface area (Å²) < 4.78 is 1.11. The number of nitrogens with one attached hydrogen (secondary N) is 1. The first-order chi connectivity index (χ1) is 11.7. The lowest BCUT2D eigenvalue weighted by atomic mass is 10.1. The van der Waals surface area contributed by atoms with Gasteiger partial charge in [-0.05, 0) is 35.0 Å². The molecule has 4 rings (SSSR count). The fourth-order valence-electron chi connectivity index (χ4n) is 2.65. The van der Waals surface area contributed by atoms with Gasteiger partial charge in [0, 0.05) is 5.56 Å². The molecule has 0 radical (unpaired) electrons. The van der Waals surface area contributed by atoms with E-state index >= 15 is 0 Å². The Morgan fingerprint density at radius 1 is 0.917 bits per heavy atom. The molecule has 3 aromatic carbocycles. The number of benzene rings is 3. The number of rotatable bonds is 2. The number of aromatic nitrogens is 2. The van der Waals surface area contributed by atoms with Crippen molar-refractivity contribution in [2.75, 3.05) is 5.43 Å². The molecule has 0 aliphatic rings. The molecule has 0 aliphatic carbocycles. The van der Waals surface area contributed by atoms with E-state index < -0.39 is 0 Å². The monoisotopic (exact) mass is 315 g/mol. The van der Waals surface area contributed by atoms with Gasteiger partial charge in [-0.15, -0.1) is 0 Å². The molecule has 1 amide bonds. The first kappa shape index (κ1) is 14.1. The third kappa shape index (κ3) is 2.42. The zero-order valence-corrected chi connectivity index (χ0v) is 12.6. The highest BCUT2D eigenvalue weighted by molar-refractivity contribution is 6.03. The predicted molar refractivity (Wildman–Crippen MR) is 93.6 cm³/mol. The quantitative estimate of drug-likeness (QED) is 0.618. The Kier molecular flexibility index (Phi) is 3.31. The van der Waals surface area contributed by atoms with Crippen molar-refractivity contribution in [3.05, 3.63) is 89.0 Å². The van der Waals surface area contributed by atoms with E-state index in [-0.39, 0.29) is 11.5 Å². The summed E-state index contributed by atoms with van der Waals surface area (Å²) in [5.41, 5.74) is 3.35. The largest absolute Gasteiger partial charge is 0.280 e. The molecule has 116 valence electrons. The van der Waals surface area contributed by atoms with E-state index in [4.69, 9.17) is 0 Å². The number of fused-ring (bicyclic) bond motifs is 2. The highest BCUT2D eigenvalue weighted by Gasteiger charge is 2.09. The minimum Gasteiger partial charge on any atom is -0.267 e. The van der Waals surface area contributed by atoms with Crippen molar-refractivity contribution in [1.82, 2.24) is 9.66 Å². The van der Waals surface area contributed by atoms with Crippen LogP contribution in [0.3, 0.4) is 0 Å². The van der Waals surface area contributed by atoms with Crippen molar-refractivity contribution < 1.29 is 4.79 Å². The molecule has 1 heterocycles. The van der Waals surface area contributed by atoms with Crippen molar-refractivity contribution in [2.24, 2.45) is 0 Å². The molecular weight excluding hydrogens is 302 g/mol. The van der Waals surface area contributed by atoms with Gasteiger partial charge in [-0.25, -0.2) is 9.66 Å². The van der Waals surface area contributed by atoms with Crippen molar-refractivity contribution >= 4 is 27.6 Å². The van der Waals surface area contributed by atoms with E-state index in [1.165, 1.54) is 6.33 Å². The van der Waals surface area contributed by atoms with Gasteiger partial charge < -0.3 is 0 Å². The first-order valence-electron chi connectivity index (χ1n) is 7.49. The summed E-state index contributed by atoms with van der Waals surface area (Å²) in [6, 6.07) is 20.2. The lowest BCUT2D eigenvalue weighted by Gasteiger charge is -2.09. The molecule has 1 aromatic heterocycles. The molecule has 0 spiro atoms. The summed E-state index contributed by atoms with van der Waals surface area (Å²) in [5, 5.41) is 2.48. The highest BCUT2D eigenvalue weighted by atomic mass is 16.2. The highest BCUT2D eigenvalue weighted by Crippen LogP contribution is 2.15. The predicted octanol–water partition coefficient (Wildman–Crippen LogP) is 2.93. The van der Waals surface area contributed by atoms with Crippen LogP contribution in [0.15, 0.2) is 77.9 Å². The average Bonchev–Trinajstić information content (AvgIpc) is 2.64. The molecule has 0 fully saturated rings. The maximum absolute atomic E-state index is 12.4. The van der Waals surface area contributed by atoms with Crippen LogP contribution >= 0.6 is 0 Å². The second-order valence-electron chi connectivity index (χ2n) is 5.44. The van der Waals surface area contributed by atoms with Gasteiger partial charge in [0.15, 0.2) is 0 Å². The molecule has 0 aliphatic heterocycles. The number of hydrogen-bond donors (Lipinski definition) is 1. The van der Waals surface area contributed by atoms with Gasteiger partial charge in [0.05, 0.1) is 10.9 Å². The molecule has 4 aromatic rings. The number of hydrogen-bond acceptors (Lipinski definition) is 3. The first-order valence-corrected chi connectivity index (χ1v) is 7.49. The Morgan fingerprint density at radius 2 is 1.67 bits per heavy atom. The van der Waals surface area contributed by atoms with E-state index in [2.05, 4.69) is 10.4 Å². The van der Waals surface area contributed by atoms with E-state index in [0.717, 1.165) is 15.4 Å². The summed E-state index contributed by atoms with van der Waals surface area (Å²) in [6.07, 6.45) is 1.32. The van der Waals surface area contributed by atoms with Crippen LogP contribution in [0.25, 0.3) is 21.7 Å². The second-order valence-corrected chi connectivity index (χ2v) is 5.44. The van der Waals surface area contributed by atoms with Crippen LogP contribution in [-0.2, 0) is 0 Å². The lowest BCUT2D eigenvalue weighted by molar-refractivity contribution is 0.101. The summed E-state index contributed by atoms with van der Waals surface area (Å²) >= 11 is 0. The van der Waals surface area contributed by atoms with Gasteiger partial charge in [0.2, 0.25) is 0 Å². The topological polar surface area (TPSA) is 64.0 Å². The fraction of sp³-hybridized carbons (Fsp3) is 0. The average molecular weight is 315 g/mol. The minimum absolute atomic E-state index is 0.310. The Labute approximate surface area is 137 Å². The third-order valence-electron chi connectivity index (χ3n) is 3.90. The minimum atomic E-state index is -0.361. The van der Waals surface area contributed by atoms with Crippen LogP contribution < -0.4 is 11.0 Å². The van der Waals surface area contributed by atoms with Crippen LogP contribution in [0.4, 0.5) is 0 Å². The standard InChI is InChI=1S/C19H13N3O2/c23-18(15-10-9-13-5-1-2-6-14(13)11-15)21-22-12-20-17-8-4-3-7-16(17)19(22)24/h1-12H,(H,21,23). The molecule has 5 heteroatoms. The van der Waals surface area contributed by atoms with Gasteiger partial charge in [-0.2, -0.15) is 0 Å². The van der Waals surface area contributed by atoms with E-state index in [1.54, 1.807) is 30.3 Å². The van der Waals surface area contributed by atoms with Gasteiger partial charge >= 0.3 is 0 Å². The van der Waals surface area contributed by atoms with Gasteiger partial charge in [0.1, 0.15) is 6.33 Å². The van der Waals surface area contributed by atoms with Crippen molar-refractivity contribution in [3.8, 4) is 0 Å². The number of para-hydroxylation sites is 1. The van der Waals surface area contributed by atoms with Crippen LogP contribution in [0.1, 0.15) is 10.4 Å². The molecular formula is C19H13N3O2. The molecule has 0 saturated carbocycles. The van der Waals surface area contributed by atoms with Gasteiger partial charge in [-0.1, -0.05) is 42.5 Å². The van der Waals surface area contributed by atoms with Gasteiger partial charge in [-0.3, -0.25) is 15.0 Å². The number of amides is 1. The SMILES string of the molecule is O=C(Nn1cnc2ccccc2c1=O)c1ccc2ccccc2c1. The summed E-state index contributed by atoms with van der Waals surface area (Å²) in [5.74, 6) is -0.361. The van der Waals surface area contributed by atoms with E-state index in [0.29, 0.717) is 16.5 Å². The molecule has 24 heavy (non-hydrogen) atoms. The van der Waals surface area contributed by atoms with Crippen molar-refractivity contribution in [1.29, 1.82) is 0 Å². The molecule has 0 atom stereocenters. The normalized spacial score (nSPS) is 10.8. The second kappa shape index (κ2) is 5.62. The molecule has 5 nitrogen and oxygen atoms in total. The number of carbonyl (C=O) groups excluding carboxylic acids is 1. The molecule has 1 N–H and O–H groups in total. The molecule has 0 bridgehead atoms. The Bertz CT molecular complexity index is 1130. The van der Waals surface area contributed by atoms with Crippen molar-refractivity contribution in [3.63, 3.8) is 0 Å². The smallest absolute Gasteiger partial charge is 0.267 e. The Balaban J connectivity index is 1.70. The summed E-state index contributed by atoms with van der Waals surface area (Å²) in [6.45, 7) is 0. The fourth-order valence-corrected chi connectivity index (χ4v) is 2.65. The Hall–Kier alpha value is -3.47. The zero-order valence-electron chi connectivity index (χ0n) is 12.6. The zero-order chi connectivity index (χ0) is 16.5. The van der Waals surface area contributed by atoms with E-state index in [1.807, 2.05) is 36.4 Å². The van der Waals surface area contributed by atoms with Crippen LogP contribution in [0.2, 0.25) is 0 Å². The number of carbonyl (C=O) groups is 1. The maximum atomic E-state index is 12.4. The summed E-state index contributed by atoms with van der Waals surface area (Å²) in [4.78, 5) is 29.1. The third-order valence-corrected chi connectivity index (χ3v) is 3.90. The molecule has 0 saturated heterocycles. The molecule has 0 unspecified atom stereocenters. The lowest BCUT2D eigenvalue weighted by Crippen LogP contribution is -2.33. The van der Waals surface area contributed by atoms with Crippen LogP contribution in [0.5, 0.6) is 0 Å². The number of nitrogens with zero attached hydrogens (tertiary/aromatic N) is 2. The van der Waals surface area contributed by atoms with E-state index in [9.17, 15) is 9.59 Å². The summed E-state index contributed by atoms with van der Waals surface area (Å²) in [7, 11) is 0. The van der Waals surface area contributed by atoms with Gasteiger partial charge in [0.25, 0.3) is 11.5 Å². The van der Waals surface area contributed by atoms with Crippen LogP contribution in [-0.4, -0.2) is 15.6 Å². The maximum Gasteiger partial charge on any atom is 0.280 e. The van der Waals surface area contributed by atoms with Crippen LogP contribution in [0, 0.1) is 0 Å².